The predicted molar refractivity (Wildman–Crippen MR) is 128 cm³/mol. The number of carbonyl (C=O) groups is 2. The second-order valence-electron chi connectivity index (χ2n) is 8.47. The van der Waals surface area contributed by atoms with E-state index in [0.29, 0.717) is 0 Å². The molecule has 1 amide bonds. The number of rotatable bonds is 3. The molecule has 2 aliphatic rings. The maximum atomic E-state index is 12.9. The Morgan fingerprint density at radius 1 is 0.879 bits per heavy atom. The number of hydrogen-bond acceptors (Lipinski definition) is 3. The number of carbonyl (C=O) groups excluding carboxylic acids is 1. The van der Waals surface area contributed by atoms with E-state index in [-0.39, 0.29) is 25.5 Å². The molecule has 3 aromatic carbocycles. The third kappa shape index (κ3) is 4.49. The van der Waals surface area contributed by atoms with Crippen molar-refractivity contribution in [2.45, 2.75) is 45.2 Å². The van der Waals surface area contributed by atoms with E-state index in [1.807, 2.05) is 48.5 Å². The van der Waals surface area contributed by atoms with Crippen LogP contribution < -0.4 is 0 Å². The number of ether oxygens (including phenoxy) is 1. The van der Waals surface area contributed by atoms with Crippen LogP contribution in [0, 0.1) is 0 Å². The van der Waals surface area contributed by atoms with Gasteiger partial charge in [0.2, 0.25) is 0 Å². The zero-order chi connectivity index (χ0) is 23.4. The van der Waals surface area contributed by atoms with Gasteiger partial charge in [0.05, 0.1) is 6.54 Å². The molecule has 170 valence electrons. The van der Waals surface area contributed by atoms with Crippen molar-refractivity contribution in [3.05, 3.63) is 95.1 Å². The summed E-state index contributed by atoms with van der Waals surface area (Å²) in [6, 6.07) is 23.0. The summed E-state index contributed by atoms with van der Waals surface area (Å²) in [6.45, 7) is 4.67. The van der Waals surface area contributed by atoms with Gasteiger partial charge in [-0.3, -0.25) is 4.90 Å². The van der Waals surface area contributed by atoms with Gasteiger partial charge in [-0.1, -0.05) is 93.1 Å². The van der Waals surface area contributed by atoms with Gasteiger partial charge in [0.15, 0.2) is 0 Å². The smallest absolute Gasteiger partial charge is 0.410 e. The SMILES string of the molecule is CCC.O=C(O)C1Cc2ccccc2CN1C(=O)OCC1c2ccccc2-c2ccccc21. The van der Waals surface area contributed by atoms with E-state index >= 15 is 0 Å². The lowest BCUT2D eigenvalue weighted by molar-refractivity contribution is -0.143. The lowest BCUT2D eigenvalue weighted by Gasteiger charge is -2.33. The molecule has 1 heterocycles. The van der Waals surface area contributed by atoms with Crippen LogP contribution in [0.4, 0.5) is 4.79 Å². The predicted octanol–water partition coefficient (Wildman–Crippen LogP) is 5.86. The number of carboxylic acids is 1. The van der Waals surface area contributed by atoms with Crippen LogP contribution >= 0.6 is 0 Å². The topological polar surface area (TPSA) is 66.8 Å². The maximum Gasteiger partial charge on any atom is 0.410 e. The molecule has 1 aliphatic carbocycles. The molecule has 0 aromatic heterocycles. The summed E-state index contributed by atoms with van der Waals surface area (Å²) in [5.74, 6) is -1.07. The first-order valence-corrected chi connectivity index (χ1v) is 11.5. The first-order valence-electron chi connectivity index (χ1n) is 11.5. The Morgan fingerprint density at radius 2 is 1.39 bits per heavy atom. The zero-order valence-electron chi connectivity index (χ0n) is 19.0. The molecule has 0 fully saturated rings. The minimum absolute atomic E-state index is 0.0540. The fourth-order valence-electron chi connectivity index (χ4n) is 4.61. The number of benzene rings is 3. The molecule has 5 rings (SSSR count). The van der Waals surface area contributed by atoms with Crippen LogP contribution in [0.2, 0.25) is 0 Å². The lowest BCUT2D eigenvalue weighted by Crippen LogP contribution is -2.49. The first-order chi connectivity index (χ1) is 16.0. The molecule has 1 unspecified atom stereocenters. The van der Waals surface area contributed by atoms with Gasteiger partial charge in [0.25, 0.3) is 0 Å². The van der Waals surface area contributed by atoms with Gasteiger partial charge in [-0.15, -0.1) is 0 Å². The molecule has 1 N–H and O–H groups in total. The average Bonchev–Trinajstić information content (AvgIpc) is 3.16. The Morgan fingerprint density at radius 3 is 1.97 bits per heavy atom. The fraction of sp³-hybridized carbons (Fsp3) is 0.286. The summed E-state index contributed by atoms with van der Waals surface area (Å²) in [7, 11) is 0. The maximum absolute atomic E-state index is 12.9. The van der Waals surface area contributed by atoms with Crippen molar-refractivity contribution >= 4 is 12.1 Å². The van der Waals surface area contributed by atoms with Gasteiger partial charge in [0.1, 0.15) is 12.6 Å². The van der Waals surface area contributed by atoms with E-state index in [4.69, 9.17) is 4.74 Å². The Kier molecular flexibility index (Phi) is 6.78. The minimum atomic E-state index is -1.02. The van der Waals surface area contributed by atoms with Gasteiger partial charge in [-0.2, -0.15) is 0 Å². The highest BCUT2D eigenvalue weighted by Gasteiger charge is 2.36. The number of carboxylic acid groups (broad SMARTS) is 1. The number of aliphatic carboxylic acids is 1. The van der Waals surface area contributed by atoms with Gasteiger partial charge in [-0.25, -0.2) is 9.59 Å². The number of amides is 1. The van der Waals surface area contributed by atoms with Crippen molar-refractivity contribution in [1.82, 2.24) is 4.90 Å². The summed E-state index contributed by atoms with van der Waals surface area (Å²) in [4.78, 5) is 26.1. The highest BCUT2D eigenvalue weighted by molar-refractivity contribution is 5.82. The molecule has 1 atom stereocenters. The van der Waals surface area contributed by atoms with Crippen LogP contribution in [0.5, 0.6) is 0 Å². The van der Waals surface area contributed by atoms with Crippen LogP contribution in [0.25, 0.3) is 11.1 Å². The van der Waals surface area contributed by atoms with Crippen LogP contribution in [0.15, 0.2) is 72.8 Å². The number of nitrogens with zero attached hydrogens (tertiary/aromatic N) is 1. The highest BCUT2D eigenvalue weighted by Crippen LogP contribution is 2.44. The van der Waals surface area contributed by atoms with Crippen LogP contribution in [0.3, 0.4) is 0 Å². The van der Waals surface area contributed by atoms with Crippen molar-refractivity contribution in [3.8, 4) is 11.1 Å². The summed E-state index contributed by atoms with van der Waals surface area (Å²) in [5, 5.41) is 9.67. The van der Waals surface area contributed by atoms with Crippen molar-refractivity contribution < 1.29 is 19.4 Å². The van der Waals surface area contributed by atoms with Gasteiger partial charge >= 0.3 is 12.1 Å². The van der Waals surface area contributed by atoms with Crippen LogP contribution in [-0.2, 0) is 22.5 Å². The molecule has 5 heteroatoms. The van der Waals surface area contributed by atoms with Crippen molar-refractivity contribution in [1.29, 1.82) is 0 Å². The first kappa shape index (κ1) is 22.6. The number of fused-ring (bicyclic) bond motifs is 4. The molecular formula is C28H29NO4. The largest absolute Gasteiger partial charge is 0.480 e. The lowest BCUT2D eigenvalue weighted by atomic mass is 9.94. The molecule has 1 aliphatic heterocycles. The Balaban J connectivity index is 0.000000821. The van der Waals surface area contributed by atoms with Gasteiger partial charge in [-0.05, 0) is 33.4 Å². The van der Waals surface area contributed by atoms with Crippen molar-refractivity contribution in [2.24, 2.45) is 0 Å². The quantitative estimate of drug-likeness (QED) is 0.550. The van der Waals surface area contributed by atoms with Crippen molar-refractivity contribution in [2.75, 3.05) is 6.61 Å². The van der Waals surface area contributed by atoms with Crippen LogP contribution in [-0.4, -0.2) is 34.7 Å². The standard InChI is InChI=1S/C25H21NO4.C3H8/c27-24(28)23-13-16-7-1-2-8-17(16)14-26(23)25(29)30-15-22-20-11-5-3-9-18(20)19-10-4-6-12-21(19)22;1-3-2/h1-12,22-23H,13-15H2,(H,27,28);3H2,1-2H3. The molecule has 33 heavy (non-hydrogen) atoms. The second-order valence-corrected chi connectivity index (χ2v) is 8.47. The highest BCUT2D eigenvalue weighted by atomic mass is 16.6. The third-order valence-electron chi connectivity index (χ3n) is 6.10. The normalized spacial score (nSPS) is 16.1. The summed E-state index contributed by atoms with van der Waals surface area (Å²) >= 11 is 0. The average molecular weight is 444 g/mol. The fourth-order valence-corrected chi connectivity index (χ4v) is 4.61. The summed E-state index contributed by atoms with van der Waals surface area (Å²) in [6.07, 6.45) is 0.953. The van der Waals surface area contributed by atoms with Crippen molar-refractivity contribution in [3.63, 3.8) is 0 Å². The molecule has 0 saturated carbocycles. The zero-order valence-corrected chi connectivity index (χ0v) is 19.0. The molecule has 3 aromatic rings. The van der Waals surface area contributed by atoms with E-state index < -0.39 is 18.1 Å². The van der Waals surface area contributed by atoms with E-state index in [9.17, 15) is 14.7 Å². The van der Waals surface area contributed by atoms with E-state index in [0.717, 1.165) is 33.4 Å². The third-order valence-corrected chi connectivity index (χ3v) is 6.10. The van der Waals surface area contributed by atoms with Crippen LogP contribution in [0.1, 0.15) is 48.4 Å². The Labute approximate surface area is 194 Å². The molecule has 5 nitrogen and oxygen atoms in total. The minimum Gasteiger partial charge on any atom is -0.480 e. The van der Waals surface area contributed by atoms with E-state index in [1.165, 1.54) is 11.3 Å². The van der Waals surface area contributed by atoms with Gasteiger partial charge in [0, 0.05) is 12.3 Å². The summed E-state index contributed by atoms with van der Waals surface area (Å²) in [5.41, 5.74) is 6.50. The van der Waals surface area contributed by atoms with E-state index in [1.54, 1.807) is 0 Å². The molecule has 0 radical (unpaired) electrons. The second kappa shape index (κ2) is 9.90. The molecule has 0 saturated heterocycles. The molecule has 0 spiro atoms. The van der Waals surface area contributed by atoms with E-state index in [2.05, 4.69) is 38.1 Å². The summed E-state index contributed by atoms with van der Waals surface area (Å²) < 4.78 is 5.70. The monoisotopic (exact) mass is 443 g/mol. The van der Waals surface area contributed by atoms with Gasteiger partial charge < -0.3 is 9.84 Å². The number of hydrogen-bond donors (Lipinski definition) is 1. The Bertz CT molecular complexity index is 1110. The Hall–Kier alpha value is -3.60. The molecular weight excluding hydrogens is 414 g/mol. The molecule has 0 bridgehead atoms.